The number of hydrogen-bond donors (Lipinski definition) is 1. The van der Waals surface area contributed by atoms with Gasteiger partial charge in [0.25, 0.3) is 0 Å². The monoisotopic (exact) mass is 321 g/mol. The van der Waals surface area contributed by atoms with Crippen molar-refractivity contribution >= 4 is 22.6 Å². The van der Waals surface area contributed by atoms with Gasteiger partial charge in [0.05, 0.1) is 6.54 Å². The Morgan fingerprint density at radius 2 is 1.92 bits per heavy atom. The van der Waals surface area contributed by atoms with Gasteiger partial charge in [0.15, 0.2) is 0 Å². The van der Waals surface area contributed by atoms with Crippen LogP contribution in [0.5, 0.6) is 0 Å². The minimum atomic E-state index is -0.943. The minimum Gasteiger partial charge on any atom is -0.361 e. The molecular formula is C18H15N3O3. The van der Waals surface area contributed by atoms with Gasteiger partial charge in [-0.15, -0.1) is 0 Å². The average Bonchev–Trinajstić information content (AvgIpc) is 3.03. The summed E-state index contributed by atoms with van der Waals surface area (Å²) in [4.78, 5) is 24.5. The topological polar surface area (TPSA) is 89.4 Å². The average molecular weight is 321 g/mol. The number of nitrogens with two attached hydrogens (primary N) is 1. The van der Waals surface area contributed by atoms with Crippen LogP contribution in [0.15, 0.2) is 47.0 Å². The molecule has 1 aliphatic heterocycles. The molecule has 6 heteroatoms. The van der Waals surface area contributed by atoms with Crippen LogP contribution in [0.25, 0.3) is 22.0 Å². The first kappa shape index (κ1) is 14.4. The molecule has 0 spiro atoms. The lowest BCUT2D eigenvalue weighted by Crippen LogP contribution is -2.42. The number of nitrogens with zero attached hydrogens (tertiary/aromatic N) is 2. The van der Waals surface area contributed by atoms with Crippen LogP contribution < -0.4 is 5.73 Å². The summed E-state index contributed by atoms with van der Waals surface area (Å²) in [6, 6.07) is 14.0. The van der Waals surface area contributed by atoms with E-state index in [1.54, 1.807) is 0 Å². The zero-order valence-corrected chi connectivity index (χ0v) is 12.9. The minimum absolute atomic E-state index is 0.277. The molecule has 120 valence electrons. The van der Waals surface area contributed by atoms with E-state index in [2.05, 4.69) is 5.16 Å². The molecule has 0 aliphatic carbocycles. The molecule has 2 heterocycles. The van der Waals surface area contributed by atoms with Crippen LogP contribution in [0.4, 0.5) is 0 Å². The fraction of sp³-hybridized carbons (Fsp3) is 0.167. The maximum absolute atomic E-state index is 11.9. The summed E-state index contributed by atoms with van der Waals surface area (Å²) < 4.78 is 5.47. The van der Waals surface area contributed by atoms with Crippen molar-refractivity contribution < 1.29 is 14.1 Å². The van der Waals surface area contributed by atoms with E-state index in [1.807, 2.05) is 42.5 Å². The molecule has 24 heavy (non-hydrogen) atoms. The molecule has 2 N–H and O–H groups in total. The third kappa shape index (κ3) is 2.23. The first-order valence-electron chi connectivity index (χ1n) is 7.69. The molecule has 0 bridgehead atoms. The lowest BCUT2D eigenvalue weighted by atomic mass is 9.97. The molecule has 6 nitrogen and oxygen atoms in total. The maximum Gasteiger partial charge on any atom is 0.311 e. The number of benzene rings is 2. The van der Waals surface area contributed by atoms with E-state index in [4.69, 9.17) is 10.3 Å². The van der Waals surface area contributed by atoms with Gasteiger partial charge >= 0.3 is 11.8 Å². The standard InChI is InChI=1S/C18H15N3O3/c19-17(22)18(23)21-9-8-15-14(10-21)16(20-24-15)13-7-3-5-11-4-1-2-6-12(11)13/h1-7H,8-10H2,(H2,19,22). The Bertz CT molecular complexity index is 956. The van der Waals surface area contributed by atoms with Gasteiger partial charge in [0.2, 0.25) is 0 Å². The normalized spacial score (nSPS) is 13.8. The van der Waals surface area contributed by atoms with E-state index in [0.29, 0.717) is 18.7 Å². The molecule has 0 radical (unpaired) electrons. The second-order valence-electron chi connectivity index (χ2n) is 5.80. The van der Waals surface area contributed by atoms with Gasteiger partial charge in [-0.2, -0.15) is 0 Å². The molecule has 2 aromatic carbocycles. The van der Waals surface area contributed by atoms with E-state index >= 15 is 0 Å². The summed E-state index contributed by atoms with van der Waals surface area (Å²) >= 11 is 0. The SMILES string of the molecule is NC(=O)C(=O)N1CCc2onc(-c3cccc4ccccc34)c2C1. The lowest BCUT2D eigenvalue weighted by molar-refractivity contribution is -0.144. The van der Waals surface area contributed by atoms with Crippen LogP contribution in [-0.4, -0.2) is 28.4 Å². The van der Waals surface area contributed by atoms with Gasteiger partial charge in [-0.3, -0.25) is 9.59 Å². The molecule has 4 rings (SSSR count). The van der Waals surface area contributed by atoms with E-state index in [9.17, 15) is 9.59 Å². The Labute approximate surface area is 137 Å². The molecule has 3 aromatic rings. The summed E-state index contributed by atoms with van der Waals surface area (Å²) in [6.45, 7) is 0.679. The van der Waals surface area contributed by atoms with E-state index < -0.39 is 11.8 Å². The van der Waals surface area contributed by atoms with Crippen LogP contribution in [0.2, 0.25) is 0 Å². The van der Waals surface area contributed by atoms with Crippen LogP contribution >= 0.6 is 0 Å². The van der Waals surface area contributed by atoms with Crippen molar-refractivity contribution in [1.82, 2.24) is 10.1 Å². The van der Waals surface area contributed by atoms with Crippen molar-refractivity contribution in [3.8, 4) is 11.3 Å². The second kappa shape index (κ2) is 5.49. The quantitative estimate of drug-likeness (QED) is 0.693. The van der Waals surface area contributed by atoms with Crippen molar-refractivity contribution in [2.24, 2.45) is 5.73 Å². The molecule has 2 amide bonds. The number of rotatable bonds is 1. The van der Waals surface area contributed by atoms with Gasteiger partial charge in [0, 0.05) is 24.1 Å². The third-order valence-corrected chi connectivity index (χ3v) is 4.37. The van der Waals surface area contributed by atoms with Crippen LogP contribution in [-0.2, 0) is 22.6 Å². The van der Waals surface area contributed by atoms with Gasteiger partial charge in [-0.25, -0.2) is 0 Å². The number of hydrogen-bond acceptors (Lipinski definition) is 4. The highest BCUT2D eigenvalue weighted by Gasteiger charge is 2.29. The highest BCUT2D eigenvalue weighted by atomic mass is 16.5. The summed E-state index contributed by atoms with van der Waals surface area (Å²) in [5, 5.41) is 6.40. The largest absolute Gasteiger partial charge is 0.361 e. The van der Waals surface area contributed by atoms with Crippen molar-refractivity contribution in [2.75, 3.05) is 6.54 Å². The number of primary amides is 1. The Balaban J connectivity index is 1.81. The van der Waals surface area contributed by atoms with Gasteiger partial charge < -0.3 is 15.2 Å². The first-order chi connectivity index (χ1) is 11.6. The maximum atomic E-state index is 11.9. The molecule has 0 saturated heterocycles. The summed E-state index contributed by atoms with van der Waals surface area (Å²) in [5.41, 5.74) is 7.62. The van der Waals surface area contributed by atoms with Crippen molar-refractivity contribution in [2.45, 2.75) is 13.0 Å². The second-order valence-corrected chi connectivity index (χ2v) is 5.80. The van der Waals surface area contributed by atoms with E-state index in [0.717, 1.165) is 27.7 Å². The summed E-state index contributed by atoms with van der Waals surface area (Å²) in [6.07, 6.45) is 0.520. The first-order valence-corrected chi connectivity index (χ1v) is 7.69. The van der Waals surface area contributed by atoms with Crippen LogP contribution in [0, 0.1) is 0 Å². The fourth-order valence-corrected chi connectivity index (χ4v) is 3.18. The van der Waals surface area contributed by atoms with Crippen LogP contribution in [0.1, 0.15) is 11.3 Å². The number of amides is 2. The highest BCUT2D eigenvalue weighted by molar-refractivity contribution is 6.34. The van der Waals surface area contributed by atoms with Crippen molar-refractivity contribution in [3.63, 3.8) is 0 Å². The molecule has 0 saturated carbocycles. The highest BCUT2D eigenvalue weighted by Crippen LogP contribution is 2.34. The zero-order chi connectivity index (χ0) is 16.7. The Hall–Kier alpha value is -3.15. The predicted molar refractivity (Wildman–Crippen MR) is 87.8 cm³/mol. The third-order valence-electron chi connectivity index (χ3n) is 4.37. The number of fused-ring (bicyclic) bond motifs is 2. The lowest BCUT2D eigenvalue weighted by Gasteiger charge is -2.25. The smallest absolute Gasteiger partial charge is 0.311 e. The molecule has 0 unspecified atom stereocenters. The Morgan fingerprint density at radius 3 is 2.75 bits per heavy atom. The Morgan fingerprint density at radius 1 is 1.12 bits per heavy atom. The van der Waals surface area contributed by atoms with Crippen molar-refractivity contribution in [3.05, 3.63) is 53.8 Å². The van der Waals surface area contributed by atoms with E-state index in [-0.39, 0.29) is 6.54 Å². The molecule has 0 fully saturated rings. The van der Waals surface area contributed by atoms with Crippen molar-refractivity contribution in [1.29, 1.82) is 0 Å². The van der Waals surface area contributed by atoms with Gasteiger partial charge in [-0.05, 0) is 10.8 Å². The number of carbonyl (C=O) groups is 2. The molecular weight excluding hydrogens is 306 g/mol. The summed E-state index contributed by atoms with van der Waals surface area (Å²) in [7, 11) is 0. The van der Waals surface area contributed by atoms with Crippen LogP contribution in [0.3, 0.4) is 0 Å². The fourth-order valence-electron chi connectivity index (χ4n) is 3.18. The van der Waals surface area contributed by atoms with Gasteiger partial charge in [-0.1, -0.05) is 47.6 Å². The van der Waals surface area contributed by atoms with E-state index in [1.165, 1.54) is 4.90 Å². The summed E-state index contributed by atoms with van der Waals surface area (Å²) in [5.74, 6) is -0.862. The predicted octanol–water partition coefficient (Wildman–Crippen LogP) is 1.86. The molecule has 1 aromatic heterocycles. The molecule has 1 aliphatic rings. The number of aromatic nitrogens is 1. The Kier molecular flexibility index (Phi) is 3.30. The van der Waals surface area contributed by atoms with Gasteiger partial charge in [0.1, 0.15) is 11.5 Å². The molecule has 0 atom stereocenters. The number of carbonyl (C=O) groups excluding carboxylic acids is 2. The zero-order valence-electron chi connectivity index (χ0n) is 12.9.